The second-order valence-corrected chi connectivity index (χ2v) is 3.50. The number of hydrogen-bond donors (Lipinski definition) is 2. The summed E-state index contributed by atoms with van der Waals surface area (Å²) in [6, 6.07) is 0. The Balaban J connectivity index is 3.76. The Morgan fingerprint density at radius 3 is 2.38 bits per heavy atom. The van der Waals surface area contributed by atoms with Crippen LogP contribution in [0.3, 0.4) is 0 Å². The van der Waals surface area contributed by atoms with Gasteiger partial charge in [-0.25, -0.2) is 0 Å². The van der Waals surface area contributed by atoms with E-state index in [1.807, 2.05) is 0 Å². The largest absolute Gasteiger partial charge is 0.396 e. The minimum absolute atomic E-state index is 0.0502. The summed E-state index contributed by atoms with van der Waals surface area (Å²) in [6.07, 6.45) is 7.90. The van der Waals surface area contributed by atoms with E-state index in [1.54, 1.807) is 0 Å². The van der Waals surface area contributed by atoms with Gasteiger partial charge in [0.15, 0.2) is 0 Å². The maximum Gasteiger partial charge on any atom is 0.0499 e. The number of aliphatic hydroxyl groups is 1. The average molecular weight is 183 g/mol. The molecule has 0 saturated heterocycles. The predicted octanol–water partition coefficient (Wildman–Crippen LogP) is 1.40. The van der Waals surface area contributed by atoms with E-state index in [9.17, 15) is 5.11 Å². The Morgan fingerprint density at radius 1 is 1.38 bits per heavy atom. The van der Waals surface area contributed by atoms with Gasteiger partial charge < -0.3 is 10.4 Å². The lowest BCUT2D eigenvalue weighted by Crippen LogP contribution is -2.36. The summed E-state index contributed by atoms with van der Waals surface area (Å²) in [5.41, 5.74) is 0.0502. The molecule has 0 amide bonds. The molecule has 0 radical (unpaired) electrons. The Hall–Kier alpha value is -0.520. The Labute approximate surface area is 81.7 Å². The maximum atomic E-state index is 9.25. The first kappa shape index (κ1) is 12.5. The smallest absolute Gasteiger partial charge is 0.0499 e. The van der Waals surface area contributed by atoms with Gasteiger partial charge in [-0.15, -0.1) is 12.3 Å². The lowest BCUT2D eigenvalue weighted by atomic mass is 9.83. The van der Waals surface area contributed by atoms with Gasteiger partial charge in [0.25, 0.3) is 0 Å². The van der Waals surface area contributed by atoms with Crippen molar-refractivity contribution in [2.75, 3.05) is 19.7 Å². The van der Waals surface area contributed by atoms with E-state index in [1.165, 1.54) is 0 Å². The highest BCUT2D eigenvalue weighted by Gasteiger charge is 2.24. The summed E-state index contributed by atoms with van der Waals surface area (Å²) >= 11 is 0. The zero-order valence-corrected chi connectivity index (χ0v) is 8.77. The quantitative estimate of drug-likeness (QED) is 0.462. The zero-order chi connectivity index (χ0) is 10.2. The van der Waals surface area contributed by atoms with Crippen molar-refractivity contribution in [2.45, 2.75) is 33.1 Å². The summed E-state index contributed by atoms with van der Waals surface area (Å²) < 4.78 is 0. The summed E-state index contributed by atoms with van der Waals surface area (Å²) in [7, 11) is 0. The molecule has 2 nitrogen and oxygen atoms in total. The van der Waals surface area contributed by atoms with Crippen LogP contribution in [0, 0.1) is 17.8 Å². The molecule has 0 bridgehead atoms. The minimum atomic E-state index is 0.0502. The normalized spacial score (nSPS) is 11.2. The van der Waals surface area contributed by atoms with Gasteiger partial charge in [0, 0.05) is 31.5 Å². The molecule has 0 aliphatic heterocycles. The van der Waals surface area contributed by atoms with Gasteiger partial charge in [-0.2, -0.15) is 0 Å². The van der Waals surface area contributed by atoms with Crippen LogP contribution in [0.15, 0.2) is 0 Å². The van der Waals surface area contributed by atoms with Crippen LogP contribution in [-0.2, 0) is 0 Å². The van der Waals surface area contributed by atoms with Gasteiger partial charge in [-0.3, -0.25) is 0 Å². The van der Waals surface area contributed by atoms with Crippen LogP contribution < -0.4 is 5.32 Å². The van der Waals surface area contributed by atoms with Crippen LogP contribution in [0.1, 0.15) is 33.1 Å². The minimum Gasteiger partial charge on any atom is -0.396 e. The Bertz CT molecular complexity index is 148. The van der Waals surface area contributed by atoms with Gasteiger partial charge in [0.2, 0.25) is 0 Å². The highest BCUT2D eigenvalue weighted by Crippen LogP contribution is 2.24. The molecule has 0 heterocycles. The molecular weight excluding hydrogens is 162 g/mol. The van der Waals surface area contributed by atoms with Crippen molar-refractivity contribution in [1.82, 2.24) is 5.32 Å². The van der Waals surface area contributed by atoms with Crippen molar-refractivity contribution in [2.24, 2.45) is 5.41 Å². The van der Waals surface area contributed by atoms with E-state index in [2.05, 4.69) is 25.1 Å². The molecule has 13 heavy (non-hydrogen) atoms. The third-order valence-corrected chi connectivity index (χ3v) is 2.78. The molecule has 0 rings (SSSR count). The predicted molar refractivity (Wildman–Crippen MR) is 56.4 cm³/mol. The van der Waals surface area contributed by atoms with Gasteiger partial charge in [0.05, 0.1) is 0 Å². The molecule has 0 aromatic rings. The Morgan fingerprint density at radius 2 is 2.00 bits per heavy atom. The van der Waals surface area contributed by atoms with Crippen molar-refractivity contribution < 1.29 is 5.11 Å². The molecule has 0 aliphatic rings. The molecule has 0 fully saturated rings. The second kappa shape index (κ2) is 6.94. The molecule has 76 valence electrons. The van der Waals surface area contributed by atoms with Gasteiger partial charge >= 0.3 is 0 Å². The van der Waals surface area contributed by atoms with E-state index in [0.717, 1.165) is 32.4 Å². The molecule has 0 atom stereocenters. The van der Waals surface area contributed by atoms with Crippen molar-refractivity contribution in [3.8, 4) is 12.3 Å². The number of hydrogen-bond acceptors (Lipinski definition) is 2. The van der Waals surface area contributed by atoms with Crippen molar-refractivity contribution >= 4 is 0 Å². The van der Waals surface area contributed by atoms with Crippen LogP contribution in [0.25, 0.3) is 0 Å². The van der Waals surface area contributed by atoms with Gasteiger partial charge in [-0.1, -0.05) is 13.8 Å². The SMILES string of the molecule is C#CCCNCC(CC)(CC)CO. The zero-order valence-electron chi connectivity index (χ0n) is 8.77. The molecule has 0 aromatic carbocycles. The van der Waals surface area contributed by atoms with Crippen LogP contribution >= 0.6 is 0 Å². The van der Waals surface area contributed by atoms with Crippen LogP contribution in [0.4, 0.5) is 0 Å². The van der Waals surface area contributed by atoms with Crippen LogP contribution in [-0.4, -0.2) is 24.8 Å². The highest BCUT2D eigenvalue weighted by atomic mass is 16.3. The third kappa shape index (κ3) is 4.31. The number of terminal acetylenes is 1. The van der Waals surface area contributed by atoms with E-state index in [4.69, 9.17) is 6.42 Å². The first-order valence-corrected chi connectivity index (χ1v) is 4.99. The summed E-state index contributed by atoms with van der Waals surface area (Å²) in [6.45, 7) is 6.19. The van der Waals surface area contributed by atoms with E-state index in [0.29, 0.717) is 0 Å². The summed E-state index contributed by atoms with van der Waals surface area (Å²) in [4.78, 5) is 0. The molecule has 2 N–H and O–H groups in total. The first-order chi connectivity index (χ1) is 6.24. The standard InChI is InChI=1S/C11H21NO/c1-4-7-8-12-9-11(5-2,6-3)10-13/h1,12-13H,5-10H2,2-3H3. The lowest BCUT2D eigenvalue weighted by molar-refractivity contribution is 0.113. The second-order valence-electron chi connectivity index (χ2n) is 3.50. The van der Waals surface area contributed by atoms with Crippen LogP contribution in [0.2, 0.25) is 0 Å². The fourth-order valence-electron chi connectivity index (χ4n) is 1.29. The lowest BCUT2D eigenvalue weighted by Gasteiger charge is -2.29. The van der Waals surface area contributed by atoms with Crippen LogP contribution in [0.5, 0.6) is 0 Å². The van der Waals surface area contributed by atoms with E-state index in [-0.39, 0.29) is 12.0 Å². The topological polar surface area (TPSA) is 32.3 Å². The molecule has 0 unspecified atom stereocenters. The molecule has 2 heteroatoms. The first-order valence-electron chi connectivity index (χ1n) is 4.99. The van der Waals surface area contributed by atoms with Gasteiger partial charge in [0.1, 0.15) is 0 Å². The molecular formula is C11H21NO. The maximum absolute atomic E-state index is 9.25. The Kier molecular flexibility index (Phi) is 6.66. The summed E-state index contributed by atoms with van der Waals surface area (Å²) in [5, 5.41) is 12.5. The fraction of sp³-hybridized carbons (Fsp3) is 0.818. The van der Waals surface area contributed by atoms with Gasteiger partial charge in [-0.05, 0) is 12.8 Å². The van der Waals surface area contributed by atoms with Crippen molar-refractivity contribution in [1.29, 1.82) is 0 Å². The third-order valence-electron chi connectivity index (χ3n) is 2.78. The monoisotopic (exact) mass is 183 g/mol. The summed E-state index contributed by atoms with van der Waals surface area (Å²) in [5.74, 6) is 2.58. The van der Waals surface area contributed by atoms with Crippen molar-refractivity contribution in [3.63, 3.8) is 0 Å². The van der Waals surface area contributed by atoms with E-state index >= 15 is 0 Å². The van der Waals surface area contributed by atoms with Crippen molar-refractivity contribution in [3.05, 3.63) is 0 Å². The molecule has 0 spiro atoms. The molecule has 0 aliphatic carbocycles. The van der Waals surface area contributed by atoms with E-state index < -0.39 is 0 Å². The molecule has 0 saturated carbocycles. The fourth-order valence-corrected chi connectivity index (χ4v) is 1.29. The number of nitrogens with one attached hydrogen (secondary N) is 1. The average Bonchev–Trinajstić information content (AvgIpc) is 2.20. The molecule has 0 aromatic heterocycles. The number of rotatable bonds is 7. The highest BCUT2D eigenvalue weighted by molar-refractivity contribution is 4.85. The number of aliphatic hydroxyl groups excluding tert-OH is 1.